The predicted molar refractivity (Wildman–Crippen MR) is 79.1 cm³/mol. The molecule has 0 spiro atoms. The average molecular weight is 273 g/mol. The zero-order valence-corrected chi connectivity index (χ0v) is 12.0. The van der Waals surface area contributed by atoms with E-state index in [2.05, 4.69) is 15.0 Å². The highest BCUT2D eigenvalue weighted by Crippen LogP contribution is 2.20. The zero-order valence-electron chi connectivity index (χ0n) is 12.0. The quantitative estimate of drug-likeness (QED) is 0.901. The normalized spacial score (nSPS) is 10.3. The minimum atomic E-state index is 0.156. The number of nitrogens with zero attached hydrogens (tertiary/aromatic N) is 4. The van der Waals surface area contributed by atoms with Crippen LogP contribution < -0.4 is 15.4 Å². The Labute approximate surface area is 118 Å². The molecule has 6 nitrogen and oxygen atoms in total. The Morgan fingerprint density at radius 2 is 1.70 bits per heavy atom. The van der Waals surface area contributed by atoms with Gasteiger partial charge in [-0.25, -0.2) is 0 Å². The van der Waals surface area contributed by atoms with Crippen LogP contribution in [0.2, 0.25) is 0 Å². The van der Waals surface area contributed by atoms with Crippen molar-refractivity contribution >= 4 is 11.9 Å². The number of anilines is 2. The second kappa shape index (κ2) is 6.18. The van der Waals surface area contributed by atoms with Crippen LogP contribution in [-0.4, -0.2) is 28.0 Å². The number of hydrogen-bond donors (Lipinski definition) is 1. The van der Waals surface area contributed by atoms with E-state index < -0.39 is 0 Å². The van der Waals surface area contributed by atoms with E-state index in [1.54, 1.807) is 0 Å². The third-order valence-corrected chi connectivity index (χ3v) is 2.90. The molecule has 6 heteroatoms. The van der Waals surface area contributed by atoms with Gasteiger partial charge in [0.2, 0.25) is 11.9 Å². The van der Waals surface area contributed by atoms with Crippen molar-refractivity contribution < 1.29 is 4.74 Å². The van der Waals surface area contributed by atoms with Gasteiger partial charge in [0.1, 0.15) is 5.75 Å². The summed E-state index contributed by atoms with van der Waals surface area (Å²) in [5.41, 5.74) is 6.88. The van der Waals surface area contributed by atoms with Crippen LogP contribution in [0.5, 0.6) is 11.8 Å². The maximum Gasteiger partial charge on any atom is 0.328 e. The summed E-state index contributed by atoms with van der Waals surface area (Å²) in [6.45, 7) is 7.67. The summed E-state index contributed by atoms with van der Waals surface area (Å²) in [7, 11) is 0. The Kier molecular flexibility index (Phi) is 4.34. The van der Waals surface area contributed by atoms with Crippen molar-refractivity contribution in [1.29, 1.82) is 0 Å². The molecule has 0 amide bonds. The van der Waals surface area contributed by atoms with E-state index in [0.717, 1.165) is 18.7 Å². The number of nitrogen functional groups attached to an aromatic ring is 1. The highest BCUT2D eigenvalue weighted by molar-refractivity contribution is 5.37. The lowest BCUT2D eigenvalue weighted by Crippen LogP contribution is -2.25. The second-order valence-corrected chi connectivity index (χ2v) is 4.36. The molecule has 2 N–H and O–H groups in total. The molecule has 0 aliphatic heterocycles. The maximum atomic E-state index is 5.72. The largest absolute Gasteiger partial charge is 0.424 e. The fourth-order valence-corrected chi connectivity index (χ4v) is 1.77. The van der Waals surface area contributed by atoms with Gasteiger partial charge in [-0.05, 0) is 32.9 Å². The maximum absolute atomic E-state index is 5.72. The first-order chi connectivity index (χ1) is 9.62. The van der Waals surface area contributed by atoms with Gasteiger partial charge in [-0.3, -0.25) is 0 Å². The minimum Gasteiger partial charge on any atom is -0.424 e. The van der Waals surface area contributed by atoms with Crippen LogP contribution in [0.3, 0.4) is 0 Å². The number of aryl methyl sites for hydroxylation is 1. The molecular formula is C14H19N5O. The molecular weight excluding hydrogens is 254 g/mol. The lowest BCUT2D eigenvalue weighted by atomic mass is 10.2. The minimum absolute atomic E-state index is 0.156. The fourth-order valence-electron chi connectivity index (χ4n) is 1.77. The van der Waals surface area contributed by atoms with Crippen LogP contribution in [0, 0.1) is 6.92 Å². The molecule has 1 heterocycles. The van der Waals surface area contributed by atoms with Gasteiger partial charge in [-0.1, -0.05) is 17.7 Å². The zero-order chi connectivity index (χ0) is 14.5. The molecule has 2 aromatic rings. The first kappa shape index (κ1) is 14.0. The van der Waals surface area contributed by atoms with E-state index in [-0.39, 0.29) is 12.0 Å². The molecule has 0 unspecified atom stereocenters. The molecule has 0 radical (unpaired) electrons. The second-order valence-electron chi connectivity index (χ2n) is 4.36. The third kappa shape index (κ3) is 3.34. The highest BCUT2D eigenvalue weighted by Gasteiger charge is 2.11. The SMILES string of the molecule is CCN(CC)c1nc(N)nc(Oc2ccc(C)cc2)n1. The molecule has 1 aromatic heterocycles. The molecule has 0 atom stereocenters. The van der Waals surface area contributed by atoms with Crippen LogP contribution >= 0.6 is 0 Å². The molecule has 1 aromatic carbocycles. The van der Waals surface area contributed by atoms with Crippen LogP contribution in [0.1, 0.15) is 19.4 Å². The monoisotopic (exact) mass is 273 g/mol. The van der Waals surface area contributed by atoms with Gasteiger partial charge in [0.05, 0.1) is 0 Å². The van der Waals surface area contributed by atoms with E-state index in [1.807, 2.05) is 49.9 Å². The van der Waals surface area contributed by atoms with Crippen LogP contribution in [0.4, 0.5) is 11.9 Å². The topological polar surface area (TPSA) is 77.2 Å². The molecule has 0 saturated heterocycles. The van der Waals surface area contributed by atoms with Crippen molar-refractivity contribution in [1.82, 2.24) is 15.0 Å². The van der Waals surface area contributed by atoms with Crippen molar-refractivity contribution in [2.75, 3.05) is 23.7 Å². The molecule has 0 bridgehead atoms. The van der Waals surface area contributed by atoms with Crippen molar-refractivity contribution in [3.63, 3.8) is 0 Å². The predicted octanol–water partition coefficient (Wildman–Crippen LogP) is 2.40. The van der Waals surface area contributed by atoms with Crippen molar-refractivity contribution in [2.24, 2.45) is 0 Å². The number of aromatic nitrogens is 3. The summed E-state index contributed by atoms with van der Waals surface area (Å²) in [6.07, 6.45) is 0. The number of benzene rings is 1. The molecule has 0 fully saturated rings. The van der Waals surface area contributed by atoms with Gasteiger partial charge in [-0.15, -0.1) is 0 Å². The van der Waals surface area contributed by atoms with Crippen molar-refractivity contribution in [3.05, 3.63) is 29.8 Å². The van der Waals surface area contributed by atoms with Crippen LogP contribution in [0.15, 0.2) is 24.3 Å². The Morgan fingerprint density at radius 3 is 2.30 bits per heavy atom. The number of rotatable bonds is 5. The summed E-state index contributed by atoms with van der Waals surface area (Å²) in [6, 6.07) is 7.87. The number of nitrogens with two attached hydrogens (primary N) is 1. The summed E-state index contributed by atoms with van der Waals surface area (Å²) >= 11 is 0. The van der Waals surface area contributed by atoms with E-state index in [0.29, 0.717) is 11.7 Å². The standard InChI is InChI=1S/C14H19N5O/c1-4-19(5-2)13-16-12(15)17-14(18-13)20-11-8-6-10(3)7-9-11/h6-9H,4-5H2,1-3H3,(H2,15,16,17,18). The fraction of sp³-hybridized carbons (Fsp3) is 0.357. The van der Waals surface area contributed by atoms with Gasteiger partial charge < -0.3 is 15.4 Å². The molecule has 20 heavy (non-hydrogen) atoms. The van der Waals surface area contributed by atoms with Crippen LogP contribution in [0.25, 0.3) is 0 Å². The molecule has 2 rings (SSSR count). The Balaban J connectivity index is 2.25. The first-order valence-corrected chi connectivity index (χ1v) is 6.63. The highest BCUT2D eigenvalue weighted by atomic mass is 16.5. The Bertz CT molecular complexity index is 566. The van der Waals surface area contributed by atoms with Crippen molar-refractivity contribution in [2.45, 2.75) is 20.8 Å². The van der Waals surface area contributed by atoms with Crippen LogP contribution in [-0.2, 0) is 0 Å². The van der Waals surface area contributed by atoms with Crippen molar-refractivity contribution in [3.8, 4) is 11.8 Å². The average Bonchev–Trinajstić information content (AvgIpc) is 2.42. The summed E-state index contributed by atoms with van der Waals surface area (Å²) in [4.78, 5) is 14.4. The number of hydrogen-bond acceptors (Lipinski definition) is 6. The Hall–Kier alpha value is -2.37. The van der Waals surface area contributed by atoms with E-state index >= 15 is 0 Å². The summed E-state index contributed by atoms with van der Waals surface area (Å²) in [5.74, 6) is 1.36. The summed E-state index contributed by atoms with van der Waals surface area (Å²) < 4.78 is 5.63. The third-order valence-electron chi connectivity index (χ3n) is 2.90. The first-order valence-electron chi connectivity index (χ1n) is 6.63. The molecule has 0 aliphatic rings. The van der Waals surface area contributed by atoms with E-state index in [1.165, 1.54) is 0 Å². The lowest BCUT2D eigenvalue weighted by Gasteiger charge is -2.18. The smallest absolute Gasteiger partial charge is 0.328 e. The van der Waals surface area contributed by atoms with Gasteiger partial charge >= 0.3 is 6.01 Å². The van der Waals surface area contributed by atoms with E-state index in [4.69, 9.17) is 10.5 Å². The van der Waals surface area contributed by atoms with Gasteiger partial charge in [0.15, 0.2) is 0 Å². The molecule has 0 aliphatic carbocycles. The molecule has 106 valence electrons. The van der Waals surface area contributed by atoms with Gasteiger partial charge in [0.25, 0.3) is 0 Å². The Morgan fingerprint density at radius 1 is 1.05 bits per heavy atom. The van der Waals surface area contributed by atoms with E-state index in [9.17, 15) is 0 Å². The lowest BCUT2D eigenvalue weighted by molar-refractivity contribution is 0.440. The molecule has 0 saturated carbocycles. The summed E-state index contributed by atoms with van der Waals surface area (Å²) in [5, 5.41) is 0. The number of ether oxygens (including phenoxy) is 1. The van der Waals surface area contributed by atoms with Gasteiger partial charge in [0, 0.05) is 13.1 Å². The van der Waals surface area contributed by atoms with Gasteiger partial charge in [-0.2, -0.15) is 15.0 Å².